The number of aliphatic hydroxyl groups is 1. The lowest BCUT2D eigenvalue weighted by molar-refractivity contribution is -0.130. The van der Waals surface area contributed by atoms with Gasteiger partial charge >= 0.3 is 0 Å². The molecule has 2 aromatic rings. The minimum Gasteiger partial charge on any atom is -0.384 e. The van der Waals surface area contributed by atoms with E-state index in [1.165, 1.54) is 0 Å². The van der Waals surface area contributed by atoms with Crippen LogP contribution < -0.4 is 10.2 Å². The summed E-state index contributed by atoms with van der Waals surface area (Å²) < 4.78 is 5.46. The molecule has 0 aliphatic carbocycles. The van der Waals surface area contributed by atoms with Crippen molar-refractivity contribution in [1.82, 2.24) is 15.3 Å². The topological polar surface area (TPSA) is 87.6 Å². The third-order valence-corrected chi connectivity index (χ3v) is 5.62. The van der Waals surface area contributed by atoms with Crippen LogP contribution in [0, 0.1) is 11.8 Å². The average molecular weight is 415 g/mol. The van der Waals surface area contributed by atoms with Crippen molar-refractivity contribution in [3.63, 3.8) is 0 Å². The van der Waals surface area contributed by atoms with Crippen LogP contribution in [-0.4, -0.2) is 59.4 Å². The second kappa shape index (κ2) is 8.95. The van der Waals surface area contributed by atoms with Gasteiger partial charge in [-0.3, -0.25) is 9.78 Å². The van der Waals surface area contributed by atoms with Crippen LogP contribution in [0.2, 0.25) is 5.02 Å². The molecule has 1 atom stereocenters. The molecule has 2 aliphatic rings. The number of nitrogens with zero attached hydrogens (tertiary/aromatic N) is 3. The van der Waals surface area contributed by atoms with Crippen LogP contribution in [0.25, 0.3) is 11.0 Å². The first-order valence-corrected chi connectivity index (χ1v) is 10.2. The van der Waals surface area contributed by atoms with Crippen molar-refractivity contribution in [2.75, 3.05) is 31.2 Å². The summed E-state index contributed by atoms with van der Waals surface area (Å²) in [7, 11) is 0. The Morgan fingerprint density at radius 3 is 2.86 bits per heavy atom. The fourth-order valence-electron chi connectivity index (χ4n) is 3.74. The van der Waals surface area contributed by atoms with Gasteiger partial charge in [0, 0.05) is 31.3 Å². The third-order valence-electron chi connectivity index (χ3n) is 5.31. The Labute approximate surface area is 174 Å². The van der Waals surface area contributed by atoms with Gasteiger partial charge in [-0.05, 0) is 37.8 Å². The predicted molar refractivity (Wildman–Crippen MR) is 111 cm³/mol. The van der Waals surface area contributed by atoms with Crippen molar-refractivity contribution in [2.45, 2.75) is 37.8 Å². The van der Waals surface area contributed by atoms with E-state index in [0.29, 0.717) is 28.2 Å². The number of piperidine rings is 1. The number of amides is 1. The molecule has 0 radical (unpaired) electrons. The smallest absolute Gasteiger partial charge is 0.249 e. The van der Waals surface area contributed by atoms with Crippen LogP contribution in [0.5, 0.6) is 0 Å². The highest BCUT2D eigenvalue weighted by Crippen LogP contribution is 2.24. The molecule has 2 fully saturated rings. The predicted octanol–water partition coefficient (Wildman–Crippen LogP) is 1.89. The highest BCUT2D eigenvalue weighted by molar-refractivity contribution is 6.32. The fraction of sp³-hybridized carbons (Fsp3) is 0.476. The molecule has 4 rings (SSSR count). The number of hydrogen-bond acceptors (Lipinski definition) is 6. The second-order valence-corrected chi connectivity index (χ2v) is 7.69. The summed E-state index contributed by atoms with van der Waals surface area (Å²) in [6, 6.07) is 3.70. The lowest BCUT2D eigenvalue weighted by Crippen LogP contribution is -2.47. The molecule has 8 heteroatoms. The quantitative estimate of drug-likeness (QED) is 0.746. The van der Waals surface area contributed by atoms with Crippen LogP contribution in [0.15, 0.2) is 18.3 Å². The van der Waals surface area contributed by atoms with E-state index in [1.807, 2.05) is 0 Å². The van der Waals surface area contributed by atoms with Gasteiger partial charge in [-0.25, -0.2) is 4.98 Å². The first-order valence-electron chi connectivity index (χ1n) is 9.87. The van der Waals surface area contributed by atoms with Crippen molar-refractivity contribution < 1.29 is 14.6 Å². The maximum absolute atomic E-state index is 12.2. The second-order valence-electron chi connectivity index (χ2n) is 7.28. The zero-order valence-electron chi connectivity index (χ0n) is 16.0. The maximum Gasteiger partial charge on any atom is 0.249 e. The van der Waals surface area contributed by atoms with E-state index in [1.54, 1.807) is 18.3 Å². The molecule has 0 bridgehead atoms. The minimum absolute atomic E-state index is 0.0137. The molecule has 1 aromatic heterocycles. The largest absolute Gasteiger partial charge is 0.384 e. The SMILES string of the molecule is O=C(NC1CCN(c2cnc3cc(Cl)c(C#CCO)cc3n2)CC1)[C@H]1CCCO1. The molecule has 2 aliphatic heterocycles. The first kappa shape index (κ1) is 19.9. The van der Waals surface area contributed by atoms with Crippen LogP contribution in [0.4, 0.5) is 5.82 Å². The lowest BCUT2D eigenvalue weighted by atomic mass is 10.0. The maximum atomic E-state index is 12.2. The summed E-state index contributed by atoms with van der Waals surface area (Å²) in [6.45, 7) is 2.04. The van der Waals surface area contributed by atoms with E-state index in [9.17, 15) is 4.79 Å². The van der Waals surface area contributed by atoms with Crippen LogP contribution >= 0.6 is 11.6 Å². The van der Waals surface area contributed by atoms with E-state index >= 15 is 0 Å². The molecule has 0 saturated carbocycles. The summed E-state index contributed by atoms with van der Waals surface area (Å²) in [4.78, 5) is 23.6. The number of fused-ring (bicyclic) bond motifs is 1. The van der Waals surface area contributed by atoms with Gasteiger partial charge in [0.25, 0.3) is 0 Å². The number of carbonyl (C=O) groups is 1. The molecule has 29 heavy (non-hydrogen) atoms. The summed E-state index contributed by atoms with van der Waals surface area (Å²) in [5.41, 5.74) is 2.03. The van der Waals surface area contributed by atoms with E-state index in [-0.39, 0.29) is 24.7 Å². The Morgan fingerprint density at radius 2 is 2.14 bits per heavy atom. The van der Waals surface area contributed by atoms with Gasteiger partial charge in [-0.2, -0.15) is 0 Å². The lowest BCUT2D eigenvalue weighted by Gasteiger charge is -2.33. The highest BCUT2D eigenvalue weighted by Gasteiger charge is 2.27. The number of carbonyl (C=O) groups excluding carboxylic acids is 1. The standard InChI is InChI=1S/C21H23ClN4O3/c22-16-12-17-18(11-14(16)3-1-9-27)25-20(13-23-17)26-7-5-15(6-8-26)24-21(28)19-4-2-10-29-19/h11-13,15,19,27H,2,4-10H2,(H,24,28)/t19-/m1/s1. The van der Waals surface area contributed by atoms with Gasteiger partial charge in [-0.15, -0.1) is 0 Å². The van der Waals surface area contributed by atoms with E-state index in [2.05, 4.69) is 27.0 Å². The molecule has 0 spiro atoms. The highest BCUT2D eigenvalue weighted by atomic mass is 35.5. The molecule has 1 amide bonds. The molecule has 0 unspecified atom stereocenters. The number of benzene rings is 1. The monoisotopic (exact) mass is 414 g/mol. The van der Waals surface area contributed by atoms with Gasteiger partial charge in [0.1, 0.15) is 18.5 Å². The number of aromatic nitrogens is 2. The molecule has 3 heterocycles. The number of halogens is 1. The molecular weight excluding hydrogens is 392 g/mol. The Balaban J connectivity index is 1.42. The molecular formula is C21H23ClN4O3. The van der Waals surface area contributed by atoms with Crippen molar-refractivity contribution in [3.8, 4) is 11.8 Å². The Morgan fingerprint density at radius 1 is 1.31 bits per heavy atom. The third kappa shape index (κ3) is 4.61. The summed E-state index contributed by atoms with van der Waals surface area (Å²) in [5, 5.41) is 12.5. The molecule has 2 N–H and O–H groups in total. The summed E-state index contributed by atoms with van der Waals surface area (Å²) in [5.74, 6) is 6.25. The zero-order valence-corrected chi connectivity index (χ0v) is 16.8. The van der Waals surface area contributed by atoms with Crippen LogP contribution in [0.1, 0.15) is 31.2 Å². The van der Waals surface area contributed by atoms with Gasteiger partial charge in [0.15, 0.2) is 0 Å². The normalized spacial score (nSPS) is 19.8. The summed E-state index contributed by atoms with van der Waals surface area (Å²) in [6.07, 6.45) is 4.94. The van der Waals surface area contributed by atoms with Crippen molar-refractivity contribution in [2.24, 2.45) is 0 Å². The van der Waals surface area contributed by atoms with Gasteiger partial charge in [0.2, 0.25) is 5.91 Å². The summed E-state index contributed by atoms with van der Waals surface area (Å²) >= 11 is 6.23. The van der Waals surface area contributed by atoms with Crippen molar-refractivity contribution in [1.29, 1.82) is 0 Å². The van der Waals surface area contributed by atoms with Gasteiger partial charge < -0.3 is 20.1 Å². The Hall–Kier alpha value is -2.40. The number of aliphatic hydroxyl groups excluding tert-OH is 1. The fourth-order valence-corrected chi connectivity index (χ4v) is 3.94. The molecule has 2 saturated heterocycles. The van der Waals surface area contributed by atoms with E-state index < -0.39 is 0 Å². The van der Waals surface area contributed by atoms with Crippen molar-refractivity contribution >= 4 is 34.4 Å². The van der Waals surface area contributed by atoms with E-state index in [0.717, 1.165) is 44.6 Å². The zero-order chi connectivity index (χ0) is 20.2. The van der Waals surface area contributed by atoms with E-state index in [4.69, 9.17) is 26.4 Å². The Bertz CT molecular complexity index is 958. The number of nitrogens with one attached hydrogen (secondary N) is 1. The number of anilines is 1. The first-order chi connectivity index (χ1) is 14.1. The number of rotatable bonds is 3. The van der Waals surface area contributed by atoms with Gasteiger partial charge in [0.05, 0.1) is 22.3 Å². The van der Waals surface area contributed by atoms with Crippen LogP contribution in [0.3, 0.4) is 0 Å². The molecule has 152 valence electrons. The Kier molecular flexibility index (Phi) is 6.14. The van der Waals surface area contributed by atoms with Crippen LogP contribution in [-0.2, 0) is 9.53 Å². The average Bonchev–Trinajstić information content (AvgIpc) is 3.28. The number of hydrogen-bond donors (Lipinski definition) is 2. The van der Waals surface area contributed by atoms with Gasteiger partial charge in [-0.1, -0.05) is 23.4 Å². The minimum atomic E-state index is -0.283. The molecule has 7 nitrogen and oxygen atoms in total. The van der Waals surface area contributed by atoms with Crippen molar-refractivity contribution in [3.05, 3.63) is 28.9 Å². The molecule has 1 aromatic carbocycles. The number of ether oxygens (including phenoxy) is 1.